The molecule has 2 rings (SSSR count). The molecule has 1 amide bonds. The van der Waals surface area contributed by atoms with Gasteiger partial charge in [0.2, 0.25) is 0 Å². The van der Waals surface area contributed by atoms with Crippen molar-refractivity contribution in [3.8, 4) is 0 Å². The Labute approximate surface area is 144 Å². The fraction of sp³-hybridized carbons (Fsp3) is 0.526. The van der Waals surface area contributed by atoms with Crippen LogP contribution in [0.1, 0.15) is 37.7 Å². The zero-order valence-electron chi connectivity index (χ0n) is 14.4. The highest BCUT2D eigenvalue weighted by Crippen LogP contribution is 2.19. The number of carbonyl (C=O) groups excluding carboxylic acids is 1. The van der Waals surface area contributed by atoms with E-state index in [0.717, 1.165) is 19.5 Å². The number of likely N-dealkylation sites (N-methyl/N-ethyl adjacent to an activating group) is 1. The van der Waals surface area contributed by atoms with Crippen LogP contribution in [0.3, 0.4) is 0 Å². The van der Waals surface area contributed by atoms with Crippen LogP contribution in [0.15, 0.2) is 40.8 Å². The van der Waals surface area contributed by atoms with Crippen molar-refractivity contribution >= 4 is 17.7 Å². The van der Waals surface area contributed by atoms with E-state index in [1.54, 1.807) is 11.8 Å². The predicted octanol–water partition coefficient (Wildman–Crippen LogP) is 2.43. The molecule has 0 saturated carbocycles. The van der Waals surface area contributed by atoms with Gasteiger partial charge in [0.1, 0.15) is 6.54 Å². The van der Waals surface area contributed by atoms with E-state index in [1.807, 2.05) is 0 Å². The lowest BCUT2D eigenvalue weighted by Gasteiger charge is -2.15. The van der Waals surface area contributed by atoms with Gasteiger partial charge in [0.05, 0.1) is 7.05 Å². The highest BCUT2D eigenvalue weighted by Gasteiger charge is 2.11. The molecular formula is C19H29N2OS+. The zero-order valence-corrected chi connectivity index (χ0v) is 15.2. The average Bonchev–Trinajstić information content (AvgIpc) is 2.56. The third-order valence-corrected chi connectivity index (χ3v) is 5.02. The van der Waals surface area contributed by atoms with E-state index in [9.17, 15) is 4.79 Å². The maximum atomic E-state index is 12.0. The van der Waals surface area contributed by atoms with E-state index in [1.165, 1.54) is 46.6 Å². The Morgan fingerprint density at radius 2 is 2.04 bits per heavy atom. The molecule has 1 aliphatic carbocycles. The SMILES string of the molecule is CSc1ccc(C[NH+](C)CC(=O)NCCC2=CCCCC2)cc1. The number of amides is 1. The number of hydrogen-bond donors (Lipinski definition) is 2. The maximum Gasteiger partial charge on any atom is 0.275 e. The molecule has 2 N–H and O–H groups in total. The molecule has 1 aromatic carbocycles. The van der Waals surface area contributed by atoms with Gasteiger partial charge in [-0.2, -0.15) is 0 Å². The van der Waals surface area contributed by atoms with E-state index < -0.39 is 0 Å². The topological polar surface area (TPSA) is 33.5 Å². The smallest absolute Gasteiger partial charge is 0.275 e. The molecule has 0 aliphatic heterocycles. The highest BCUT2D eigenvalue weighted by atomic mass is 32.2. The second kappa shape index (κ2) is 9.78. The summed E-state index contributed by atoms with van der Waals surface area (Å²) >= 11 is 1.75. The molecule has 0 aromatic heterocycles. The summed E-state index contributed by atoms with van der Waals surface area (Å²) in [6.07, 6.45) is 10.5. The molecule has 1 aromatic rings. The number of benzene rings is 1. The Morgan fingerprint density at radius 1 is 1.26 bits per heavy atom. The second-order valence-corrected chi connectivity index (χ2v) is 7.25. The molecular weight excluding hydrogens is 304 g/mol. The van der Waals surface area contributed by atoms with Gasteiger partial charge in [0.25, 0.3) is 5.91 Å². The minimum atomic E-state index is 0.152. The number of allylic oxidation sites excluding steroid dienone is 1. The highest BCUT2D eigenvalue weighted by molar-refractivity contribution is 7.98. The zero-order chi connectivity index (χ0) is 16.5. The third kappa shape index (κ3) is 6.80. The summed E-state index contributed by atoms with van der Waals surface area (Å²) in [4.78, 5) is 14.5. The Hall–Kier alpha value is -1.26. The fourth-order valence-electron chi connectivity index (χ4n) is 2.99. The minimum absolute atomic E-state index is 0.152. The number of quaternary nitrogens is 1. The van der Waals surface area contributed by atoms with Crippen molar-refractivity contribution in [2.24, 2.45) is 0 Å². The van der Waals surface area contributed by atoms with Crippen molar-refractivity contribution < 1.29 is 9.69 Å². The quantitative estimate of drug-likeness (QED) is 0.566. The number of nitrogens with one attached hydrogen (secondary N) is 2. The summed E-state index contributed by atoms with van der Waals surface area (Å²) in [5, 5.41) is 3.06. The van der Waals surface area contributed by atoms with Gasteiger partial charge in [-0.25, -0.2) is 0 Å². The van der Waals surface area contributed by atoms with Gasteiger partial charge in [0, 0.05) is 17.0 Å². The summed E-state index contributed by atoms with van der Waals surface area (Å²) < 4.78 is 0. The van der Waals surface area contributed by atoms with Crippen molar-refractivity contribution in [2.75, 3.05) is 26.4 Å². The largest absolute Gasteiger partial charge is 0.351 e. The van der Waals surface area contributed by atoms with Crippen LogP contribution in [-0.2, 0) is 11.3 Å². The number of hydrogen-bond acceptors (Lipinski definition) is 2. The monoisotopic (exact) mass is 333 g/mol. The molecule has 23 heavy (non-hydrogen) atoms. The minimum Gasteiger partial charge on any atom is -0.351 e. The molecule has 0 bridgehead atoms. The van der Waals surface area contributed by atoms with E-state index in [2.05, 4.69) is 49.0 Å². The Balaban J connectivity index is 1.66. The van der Waals surface area contributed by atoms with Crippen LogP contribution in [0, 0.1) is 0 Å². The van der Waals surface area contributed by atoms with Crippen LogP contribution < -0.4 is 10.2 Å². The molecule has 3 nitrogen and oxygen atoms in total. The van der Waals surface area contributed by atoms with Crippen molar-refractivity contribution in [1.29, 1.82) is 0 Å². The number of carbonyl (C=O) groups is 1. The molecule has 4 heteroatoms. The van der Waals surface area contributed by atoms with Crippen LogP contribution >= 0.6 is 11.8 Å². The van der Waals surface area contributed by atoms with Crippen molar-refractivity contribution in [3.63, 3.8) is 0 Å². The van der Waals surface area contributed by atoms with Gasteiger partial charge >= 0.3 is 0 Å². The molecule has 1 unspecified atom stereocenters. The first kappa shape index (κ1) is 18.1. The maximum absolute atomic E-state index is 12.0. The summed E-state index contributed by atoms with van der Waals surface area (Å²) in [5.74, 6) is 0.152. The molecule has 0 radical (unpaired) electrons. The summed E-state index contributed by atoms with van der Waals surface area (Å²) in [6.45, 7) is 2.19. The summed E-state index contributed by atoms with van der Waals surface area (Å²) in [5.41, 5.74) is 2.80. The normalized spacial score (nSPS) is 15.8. The van der Waals surface area contributed by atoms with Crippen LogP contribution in [-0.4, -0.2) is 32.3 Å². The Bertz CT molecular complexity index is 525. The first-order valence-corrected chi connectivity index (χ1v) is 9.78. The van der Waals surface area contributed by atoms with Crippen LogP contribution in [0.2, 0.25) is 0 Å². The Morgan fingerprint density at radius 3 is 2.70 bits per heavy atom. The van der Waals surface area contributed by atoms with Crippen molar-refractivity contribution in [1.82, 2.24) is 5.32 Å². The molecule has 0 saturated heterocycles. The molecule has 1 aliphatic rings. The summed E-state index contributed by atoms with van der Waals surface area (Å²) in [7, 11) is 2.08. The first-order valence-electron chi connectivity index (χ1n) is 8.56. The van der Waals surface area contributed by atoms with Crippen molar-refractivity contribution in [2.45, 2.75) is 43.5 Å². The lowest BCUT2D eigenvalue weighted by Crippen LogP contribution is -3.08. The van der Waals surface area contributed by atoms with E-state index in [-0.39, 0.29) is 5.91 Å². The van der Waals surface area contributed by atoms with Crippen LogP contribution in [0.25, 0.3) is 0 Å². The first-order chi connectivity index (χ1) is 11.2. The standard InChI is InChI=1S/C19H28N2OS/c1-21(14-17-8-10-18(23-2)11-9-17)15-19(22)20-13-12-16-6-4-3-5-7-16/h6,8-11H,3-5,7,12-15H2,1-2H3,(H,20,22)/p+1. The second-order valence-electron chi connectivity index (χ2n) is 6.37. The molecule has 0 fully saturated rings. The number of rotatable bonds is 8. The van der Waals surface area contributed by atoms with E-state index >= 15 is 0 Å². The molecule has 126 valence electrons. The molecule has 1 atom stereocenters. The van der Waals surface area contributed by atoms with Gasteiger partial charge in [0.15, 0.2) is 6.54 Å². The average molecular weight is 334 g/mol. The summed E-state index contributed by atoms with van der Waals surface area (Å²) in [6, 6.07) is 8.60. The van der Waals surface area contributed by atoms with Gasteiger partial charge < -0.3 is 10.2 Å². The van der Waals surface area contributed by atoms with Crippen LogP contribution in [0.4, 0.5) is 0 Å². The van der Waals surface area contributed by atoms with Crippen LogP contribution in [0.5, 0.6) is 0 Å². The Kier molecular flexibility index (Phi) is 7.69. The van der Waals surface area contributed by atoms with Gasteiger partial charge in [-0.05, 0) is 50.5 Å². The fourth-order valence-corrected chi connectivity index (χ4v) is 3.39. The predicted molar refractivity (Wildman–Crippen MR) is 97.9 cm³/mol. The molecule has 0 spiro atoms. The lowest BCUT2D eigenvalue weighted by atomic mass is 9.97. The van der Waals surface area contributed by atoms with E-state index in [4.69, 9.17) is 0 Å². The lowest BCUT2D eigenvalue weighted by molar-refractivity contribution is -0.885. The van der Waals surface area contributed by atoms with Crippen molar-refractivity contribution in [3.05, 3.63) is 41.5 Å². The van der Waals surface area contributed by atoms with E-state index in [0.29, 0.717) is 6.54 Å². The van der Waals surface area contributed by atoms with Gasteiger partial charge in [-0.1, -0.05) is 23.8 Å². The van der Waals surface area contributed by atoms with Gasteiger partial charge in [-0.15, -0.1) is 11.8 Å². The third-order valence-electron chi connectivity index (χ3n) is 4.28. The molecule has 0 heterocycles. The van der Waals surface area contributed by atoms with Gasteiger partial charge in [-0.3, -0.25) is 4.79 Å². The number of thioether (sulfide) groups is 1.